The van der Waals surface area contributed by atoms with Crippen molar-refractivity contribution in [2.75, 3.05) is 0 Å². The van der Waals surface area contributed by atoms with Crippen LogP contribution in [0.2, 0.25) is 0 Å². The summed E-state index contributed by atoms with van der Waals surface area (Å²) in [5, 5.41) is 0. The number of rotatable bonds is 2. The molecule has 0 aliphatic rings. The van der Waals surface area contributed by atoms with Gasteiger partial charge in [0.1, 0.15) is 11.3 Å². The minimum Gasteiger partial charge on any atom is -0.279 e. The highest BCUT2D eigenvalue weighted by molar-refractivity contribution is 6.16. The van der Waals surface area contributed by atoms with Crippen molar-refractivity contribution < 1.29 is 0 Å². The molecule has 0 radical (unpaired) electrons. The number of nitrogens with zero attached hydrogens (tertiary/aromatic N) is 3. The summed E-state index contributed by atoms with van der Waals surface area (Å²) in [6.45, 7) is 4.21. The summed E-state index contributed by atoms with van der Waals surface area (Å²) in [6, 6.07) is 10.1. The van der Waals surface area contributed by atoms with Gasteiger partial charge in [0.25, 0.3) is 0 Å². The van der Waals surface area contributed by atoms with Gasteiger partial charge in [0.05, 0.1) is 11.6 Å². The quantitative estimate of drug-likeness (QED) is 0.664. The third kappa shape index (κ3) is 1.90. The first-order chi connectivity index (χ1) is 9.22. The number of fused-ring (bicyclic) bond motifs is 1. The van der Waals surface area contributed by atoms with E-state index in [0.717, 1.165) is 22.7 Å². The number of pyridine rings is 1. The van der Waals surface area contributed by atoms with Gasteiger partial charge in [-0.05, 0) is 43.2 Å². The zero-order valence-electron chi connectivity index (χ0n) is 10.9. The lowest BCUT2D eigenvalue weighted by Crippen LogP contribution is -2.03. The lowest BCUT2D eigenvalue weighted by Gasteiger charge is -2.12. The summed E-state index contributed by atoms with van der Waals surface area (Å²) in [5.74, 6) is 1.19. The van der Waals surface area contributed by atoms with Crippen LogP contribution in [0.1, 0.15) is 17.0 Å². The van der Waals surface area contributed by atoms with E-state index in [1.54, 1.807) is 6.20 Å². The lowest BCUT2D eigenvalue weighted by molar-refractivity contribution is 0.957. The van der Waals surface area contributed by atoms with Crippen LogP contribution in [-0.4, -0.2) is 14.5 Å². The number of hydrogen-bond acceptors (Lipinski definition) is 2. The molecule has 0 bridgehead atoms. The lowest BCUT2D eigenvalue weighted by atomic mass is 10.1. The molecule has 0 saturated heterocycles. The highest BCUT2D eigenvalue weighted by atomic mass is 35.5. The van der Waals surface area contributed by atoms with E-state index in [9.17, 15) is 0 Å². The zero-order chi connectivity index (χ0) is 13.4. The van der Waals surface area contributed by atoms with Gasteiger partial charge in [0.15, 0.2) is 5.65 Å². The van der Waals surface area contributed by atoms with Crippen LogP contribution >= 0.6 is 11.6 Å². The van der Waals surface area contributed by atoms with E-state index in [1.807, 2.05) is 22.8 Å². The van der Waals surface area contributed by atoms with E-state index in [0.29, 0.717) is 5.88 Å². The van der Waals surface area contributed by atoms with Crippen LogP contribution < -0.4 is 0 Å². The Labute approximate surface area is 116 Å². The minimum atomic E-state index is 0.365. The van der Waals surface area contributed by atoms with Crippen molar-refractivity contribution in [1.29, 1.82) is 0 Å². The first-order valence-corrected chi connectivity index (χ1v) is 6.70. The maximum atomic E-state index is 6.03. The van der Waals surface area contributed by atoms with Crippen molar-refractivity contribution in [2.45, 2.75) is 19.7 Å². The van der Waals surface area contributed by atoms with Gasteiger partial charge in [-0.15, -0.1) is 11.6 Å². The fourth-order valence-electron chi connectivity index (χ4n) is 2.28. The average Bonchev–Trinajstić information content (AvgIpc) is 2.80. The molecule has 3 rings (SSSR count). The number of imidazole rings is 1. The Kier molecular flexibility index (Phi) is 2.99. The van der Waals surface area contributed by atoms with Crippen molar-refractivity contribution in [3.63, 3.8) is 0 Å². The Bertz CT molecular complexity index is 746. The molecule has 2 heterocycles. The molecule has 0 atom stereocenters. The van der Waals surface area contributed by atoms with Gasteiger partial charge < -0.3 is 0 Å². The van der Waals surface area contributed by atoms with E-state index in [4.69, 9.17) is 11.6 Å². The number of aryl methyl sites for hydroxylation is 1. The number of hydrogen-bond donors (Lipinski definition) is 0. The molecule has 3 nitrogen and oxygen atoms in total. The molecule has 0 aliphatic heterocycles. The monoisotopic (exact) mass is 271 g/mol. The van der Waals surface area contributed by atoms with E-state index in [-0.39, 0.29) is 0 Å². The van der Waals surface area contributed by atoms with E-state index in [2.05, 4.69) is 35.9 Å². The molecule has 96 valence electrons. The summed E-state index contributed by atoms with van der Waals surface area (Å²) in [6.07, 6.45) is 1.78. The second-order valence-corrected chi connectivity index (χ2v) is 4.83. The number of aromatic nitrogens is 3. The van der Waals surface area contributed by atoms with Crippen LogP contribution in [0.5, 0.6) is 0 Å². The van der Waals surface area contributed by atoms with Crippen LogP contribution in [0.3, 0.4) is 0 Å². The summed E-state index contributed by atoms with van der Waals surface area (Å²) in [5.41, 5.74) is 5.29. The predicted octanol–water partition coefficient (Wildman–Crippen LogP) is 3.78. The molecule has 1 aromatic carbocycles. The Balaban J connectivity index is 2.38. The standard InChI is InChI=1S/C15H14ClN3/c1-10-5-3-7-13(11(10)2)19-14(9-16)18-12-6-4-8-17-15(12)19/h3-8H,9H2,1-2H3. The average molecular weight is 272 g/mol. The van der Waals surface area contributed by atoms with Crippen LogP contribution in [-0.2, 0) is 5.88 Å². The van der Waals surface area contributed by atoms with Gasteiger partial charge in [-0.3, -0.25) is 4.57 Å². The van der Waals surface area contributed by atoms with Crippen LogP contribution in [0, 0.1) is 13.8 Å². The zero-order valence-corrected chi connectivity index (χ0v) is 11.6. The van der Waals surface area contributed by atoms with Crippen molar-refractivity contribution in [1.82, 2.24) is 14.5 Å². The molecule has 0 unspecified atom stereocenters. The fraction of sp³-hybridized carbons (Fsp3) is 0.200. The molecule has 0 aliphatic carbocycles. The van der Waals surface area contributed by atoms with Crippen molar-refractivity contribution in [2.24, 2.45) is 0 Å². The predicted molar refractivity (Wildman–Crippen MR) is 77.9 cm³/mol. The molecule has 0 amide bonds. The molecule has 4 heteroatoms. The Hall–Kier alpha value is -1.87. The van der Waals surface area contributed by atoms with Gasteiger partial charge in [-0.1, -0.05) is 12.1 Å². The summed E-state index contributed by atoms with van der Waals surface area (Å²) >= 11 is 6.03. The van der Waals surface area contributed by atoms with E-state index < -0.39 is 0 Å². The molecular weight excluding hydrogens is 258 g/mol. The maximum absolute atomic E-state index is 6.03. The molecule has 0 saturated carbocycles. The second kappa shape index (κ2) is 4.67. The molecule has 3 aromatic rings. The van der Waals surface area contributed by atoms with E-state index >= 15 is 0 Å². The molecule has 19 heavy (non-hydrogen) atoms. The van der Waals surface area contributed by atoms with Crippen LogP contribution in [0.15, 0.2) is 36.5 Å². The van der Waals surface area contributed by atoms with Gasteiger partial charge in [-0.25, -0.2) is 9.97 Å². The van der Waals surface area contributed by atoms with Crippen molar-refractivity contribution in [3.05, 3.63) is 53.5 Å². The van der Waals surface area contributed by atoms with Crippen LogP contribution in [0.4, 0.5) is 0 Å². The van der Waals surface area contributed by atoms with Crippen molar-refractivity contribution >= 4 is 22.8 Å². The topological polar surface area (TPSA) is 30.7 Å². The molecule has 0 N–H and O–H groups in total. The molecule has 2 aromatic heterocycles. The second-order valence-electron chi connectivity index (χ2n) is 4.56. The Morgan fingerprint density at radius 1 is 1.16 bits per heavy atom. The van der Waals surface area contributed by atoms with Crippen LogP contribution in [0.25, 0.3) is 16.9 Å². The third-order valence-electron chi connectivity index (χ3n) is 3.42. The Morgan fingerprint density at radius 3 is 2.79 bits per heavy atom. The highest BCUT2D eigenvalue weighted by Crippen LogP contribution is 2.24. The first kappa shape index (κ1) is 12.2. The fourth-order valence-corrected chi connectivity index (χ4v) is 2.46. The smallest absolute Gasteiger partial charge is 0.164 e. The normalized spacial score (nSPS) is 11.1. The molecular formula is C15H14ClN3. The summed E-state index contributed by atoms with van der Waals surface area (Å²) in [7, 11) is 0. The number of alkyl halides is 1. The highest BCUT2D eigenvalue weighted by Gasteiger charge is 2.14. The number of halogens is 1. The molecule has 0 spiro atoms. The molecule has 0 fully saturated rings. The van der Waals surface area contributed by atoms with Gasteiger partial charge in [0, 0.05) is 6.20 Å². The summed E-state index contributed by atoms with van der Waals surface area (Å²) < 4.78 is 2.05. The maximum Gasteiger partial charge on any atom is 0.164 e. The van der Waals surface area contributed by atoms with Gasteiger partial charge in [-0.2, -0.15) is 0 Å². The van der Waals surface area contributed by atoms with Gasteiger partial charge in [0.2, 0.25) is 0 Å². The van der Waals surface area contributed by atoms with Crippen molar-refractivity contribution in [3.8, 4) is 5.69 Å². The van der Waals surface area contributed by atoms with E-state index in [1.165, 1.54) is 11.1 Å². The number of benzene rings is 1. The SMILES string of the molecule is Cc1cccc(-n2c(CCl)nc3cccnc32)c1C. The first-order valence-electron chi connectivity index (χ1n) is 6.17. The largest absolute Gasteiger partial charge is 0.279 e. The minimum absolute atomic E-state index is 0.365. The Morgan fingerprint density at radius 2 is 2.00 bits per heavy atom. The summed E-state index contributed by atoms with van der Waals surface area (Å²) in [4.78, 5) is 8.99. The van der Waals surface area contributed by atoms with Gasteiger partial charge >= 0.3 is 0 Å². The third-order valence-corrected chi connectivity index (χ3v) is 3.66.